The van der Waals surface area contributed by atoms with Gasteiger partial charge in [-0.15, -0.1) is 11.3 Å². The van der Waals surface area contributed by atoms with E-state index in [9.17, 15) is 8.42 Å². The lowest BCUT2D eigenvalue weighted by Crippen LogP contribution is -2.57. The molecule has 1 heterocycles. The number of rotatable bonds is 8. The molecular formula is C14H25N3O2S2. The van der Waals surface area contributed by atoms with Gasteiger partial charge in [-0.3, -0.25) is 0 Å². The first-order chi connectivity index (χ1) is 9.89. The van der Waals surface area contributed by atoms with Gasteiger partial charge >= 0.3 is 0 Å². The highest BCUT2D eigenvalue weighted by Gasteiger charge is 2.39. The summed E-state index contributed by atoms with van der Waals surface area (Å²) in [6.07, 6.45) is 3.28. The molecule has 1 aromatic rings. The maximum Gasteiger partial charge on any atom is 0.250 e. The van der Waals surface area contributed by atoms with Crippen molar-refractivity contribution in [3.63, 3.8) is 0 Å². The Bertz CT molecular complexity index is 563. The third-order valence-corrected chi connectivity index (χ3v) is 7.25. The Balaban J connectivity index is 2.00. The van der Waals surface area contributed by atoms with Crippen molar-refractivity contribution in [3.05, 3.63) is 17.0 Å². The molecule has 0 unspecified atom stereocenters. The third-order valence-electron chi connectivity index (χ3n) is 4.28. The lowest BCUT2D eigenvalue weighted by molar-refractivity contribution is 0.0657. The lowest BCUT2D eigenvalue weighted by Gasteiger charge is -2.47. The zero-order valence-corrected chi connectivity index (χ0v) is 14.6. The molecule has 0 atom stereocenters. The van der Waals surface area contributed by atoms with Crippen LogP contribution in [0, 0.1) is 0 Å². The molecule has 2 N–H and O–H groups in total. The summed E-state index contributed by atoms with van der Waals surface area (Å²) in [6.45, 7) is 4.12. The highest BCUT2D eigenvalue weighted by atomic mass is 32.2. The van der Waals surface area contributed by atoms with Gasteiger partial charge in [-0.2, -0.15) is 0 Å². The van der Waals surface area contributed by atoms with Crippen LogP contribution in [0.4, 0.5) is 0 Å². The molecule has 0 radical (unpaired) electrons. The molecule has 120 valence electrons. The predicted molar refractivity (Wildman–Crippen MR) is 87.2 cm³/mol. The van der Waals surface area contributed by atoms with Gasteiger partial charge in [0.25, 0.3) is 0 Å². The van der Waals surface area contributed by atoms with Crippen molar-refractivity contribution in [1.29, 1.82) is 0 Å². The Hall–Kier alpha value is -0.470. The SMILES string of the molecule is CCNCc1ccc(S(=O)(=O)NCC2(N(C)C)CCC2)s1. The molecule has 1 fully saturated rings. The van der Waals surface area contributed by atoms with Crippen LogP contribution >= 0.6 is 11.3 Å². The molecule has 1 aliphatic rings. The highest BCUT2D eigenvalue weighted by Crippen LogP contribution is 2.35. The average molecular weight is 332 g/mol. The second-order valence-electron chi connectivity index (χ2n) is 5.80. The fourth-order valence-electron chi connectivity index (χ4n) is 2.51. The van der Waals surface area contributed by atoms with E-state index in [2.05, 4.69) is 14.9 Å². The van der Waals surface area contributed by atoms with E-state index < -0.39 is 10.0 Å². The van der Waals surface area contributed by atoms with Crippen molar-refractivity contribution in [2.24, 2.45) is 0 Å². The van der Waals surface area contributed by atoms with Crippen molar-refractivity contribution in [3.8, 4) is 0 Å². The molecule has 7 heteroatoms. The first-order valence-corrected chi connectivity index (χ1v) is 9.66. The van der Waals surface area contributed by atoms with E-state index in [0.29, 0.717) is 10.8 Å². The molecule has 2 rings (SSSR count). The van der Waals surface area contributed by atoms with Gasteiger partial charge in [0.05, 0.1) is 0 Å². The first-order valence-electron chi connectivity index (χ1n) is 7.36. The lowest BCUT2D eigenvalue weighted by atomic mass is 9.76. The van der Waals surface area contributed by atoms with Crippen LogP contribution in [-0.4, -0.2) is 46.0 Å². The Labute approximate surface area is 131 Å². The van der Waals surface area contributed by atoms with Crippen LogP contribution in [-0.2, 0) is 16.6 Å². The number of thiophene rings is 1. The van der Waals surface area contributed by atoms with Crippen LogP contribution in [0.3, 0.4) is 0 Å². The summed E-state index contributed by atoms with van der Waals surface area (Å²) in [5.41, 5.74) is -0.00305. The van der Waals surface area contributed by atoms with Crippen molar-refractivity contribution < 1.29 is 8.42 Å². The van der Waals surface area contributed by atoms with E-state index in [0.717, 1.165) is 30.8 Å². The van der Waals surface area contributed by atoms with Crippen molar-refractivity contribution in [2.75, 3.05) is 27.2 Å². The van der Waals surface area contributed by atoms with Gasteiger partial charge in [0, 0.05) is 23.5 Å². The van der Waals surface area contributed by atoms with E-state index in [1.165, 1.54) is 17.8 Å². The van der Waals surface area contributed by atoms with E-state index in [1.807, 2.05) is 27.1 Å². The summed E-state index contributed by atoms with van der Waals surface area (Å²) in [5, 5.41) is 3.21. The van der Waals surface area contributed by atoms with Gasteiger partial charge in [-0.1, -0.05) is 6.92 Å². The van der Waals surface area contributed by atoms with Crippen molar-refractivity contribution in [1.82, 2.24) is 14.9 Å². The fourth-order valence-corrected chi connectivity index (χ4v) is 5.00. The third kappa shape index (κ3) is 3.84. The summed E-state index contributed by atoms with van der Waals surface area (Å²) in [7, 11) is 0.649. The second kappa shape index (κ2) is 6.75. The Morgan fingerprint density at radius 2 is 2.05 bits per heavy atom. The summed E-state index contributed by atoms with van der Waals surface area (Å²) in [6, 6.07) is 3.58. The molecule has 0 aliphatic heterocycles. The largest absolute Gasteiger partial charge is 0.312 e. The zero-order chi connectivity index (χ0) is 15.5. The Morgan fingerprint density at radius 3 is 2.57 bits per heavy atom. The topological polar surface area (TPSA) is 61.4 Å². The Morgan fingerprint density at radius 1 is 1.33 bits per heavy atom. The van der Waals surface area contributed by atoms with Gasteiger partial charge in [0.15, 0.2) is 0 Å². The van der Waals surface area contributed by atoms with Gasteiger partial charge < -0.3 is 10.2 Å². The molecule has 21 heavy (non-hydrogen) atoms. The molecule has 1 aliphatic carbocycles. The summed E-state index contributed by atoms with van der Waals surface area (Å²) in [5.74, 6) is 0. The van der Waals surface area contributed by atoms with E-state index in [1.54, 1.807) is 6.07 Å². The van der Waals surface area contributed by atoms with Gasteiger partial charge in [-0.05, 0) is 52.0 Å². The number of nitrogens with one attached hydrogen (secondary N) is 2. The molecule has 5 nitrogen and oxygen atoms in total. The first kappa shape index (κ1) is 16.9. The Kier molecular flexibility index (Phi) is 5.43. The smallest absolute Gasteiger partial charge is 0.250 e. The molecule has 1 saturated carbocycles. The van der Waals surface area contributed by atoms with Crippen LogP contribution in [0.5, 0.6) is 0 Å². The minimum absolute atomic E-state index is 0.00305. The number of likely N-dealkylation sites (N-methyl/N-ethyl adjacent to an activating group) is 1. The van der Waals surface area contributed by atoms with E-state index >= 15 is 0 Å². The monoisotopic (exact) mass is 331 g/mol. The summed E-state index contributed by atoms with van der Waals surface area (Å²) >= 11 is 1.34. The number of hydrogen-bond acceptors (Lipinski definition) is 5. The normalized spacial score (nSPS) is 17.9. The summed E-state index contributed by atoms with van der Waals surface area (Å²) in [4.78, 5) is 3.19. The van der Waals surface area contributed by atoms with Crippen molar-refractivity contribution >= 4 is 21.4 Å². The van der Waals surface area contributed by atoms with E-state index in [-0.39, 0.29) is 5.54 Å². The number of sulfonamides is 1. The number of nitrogens with zero attached hydrogens (tertiary/aromatic N) is 1. The van der Waals surface area contributed by atoms with Crippen LogP contribution < -0.4 is 10.0 Å². The minimum atomic E-state index is -3.39. The van der Waals surface area contributed by atoms with Crippen LogP contribution in [0.25, 0.3) is 0 Å². The van der Waals surface area contributed by atoms with Gasteiger partial charge in [0.2, 0.25) is 10.0 Å². The molecule has 1 aromatic heterocycles. The maximum atomic E-state index is 12.4. The highest BCUT2D eigenvalue weighted by molar-refractivity contribution is 7.91. The maximum absolute atomic E-state index is 12.4. The molecule has 0 amide bonds. The molecule has 0 saturated heterocycles. The van der Waals surface area contributed by atoms with Crippen LogP contribution in [0.2, 0.25) is 0 Å². The average Bonchev–Trinajstić information content (AvgIpc) is 2.84. The fraction of sp³-hybridized carbons (Fsp3) is 0.714. The summed E-state index contributed by atoms with van der Waals surface area (Å²) < 4.78 is 28.0. The van der Waals surface area contributed by atoms with Gasteiger partial charge in [0.1, 0.15) is 4.21 Å². The molecule has 0 spiro atoms. The van der Waals surface area contributed by atoms with Gasteiger partial charge in [-0.25, -0.2) is 13.1 Å². The molecular weight excluding hydrogens is 306 g/mol. The standard InChI is InChI=1S/C14H25N3O2S2/c1-4-15-10-12-6-7-13(20-12)21(18,19)16-11-14(17(2)3)8-5-9-14/h6-7,15-16H,4-5,8-11H2,1-3H3. The molecule has 0 bridgehead atoms. The van der Waals surface area contributed by atoms with Crippen molar-refractivity contribution in [2.45, 2.75) is 42.5 Å². The quantitative estimate of drug-likeness (QED) is 0.760. The second-order valence-corrected chi connectivity index (χ2v) is 8.96. The predicted octanol–water partition coefficient (Wildman–Crippen LogP) is 1.62. The van der Waals surface area contributed by atoms with E-state index in [4.69, 9.17) is 0 Å². The minimum Gasteiger partial charge on any atom is -0.312 e. The molecule has 0 aromatic carbocycles. The van der Waals surface area contributed by atoms with Crippen LogP contribution in [0.1, 0.15) is 31.1 Å². The zero-order valence-electron chi connectivity index (χ0n) is 13.0. The van der Waals surface area contributed by atoms with Crippen LogP contribution in [0.15, 0.2) is 16.3 Å². The number of hydrogen-bond donors (Lipinski definition) is 2.